The lowest BCUT2D eigenvalue weighted by Gasteiger charge is -2.09. The Kier molecular flexibility index (Phi) is 3.40. The molecule has 2 aliphatic heterocycles. The molecule has 4 aromatic carbocycles. The summed E-state index contributed by atoms with van der Waals surface area (Å²) >= 11 is 0. The highest BCUT2D eigenvalue weighted by molar-refractivity contribution is 5.80. The number of rotatable bonds is 4. The van der Waals surface area contributed by atoms with Crippen LogP contribution in [0.1, 0.15) is 0 Å². The van der Waals surface area contributed by atoms with Crippen molar-refractivity contribution in [2.24, 2.45) is 20.5 Å². The molecule has 0 spiro atoms. The first-order valence-corrected chi connectivity index (χ1v) is 9.32. The summed E-state index contributed by atoms with van der Waals surface area (Å²) < 4.78 is 6.01. The molecule has 0 saturated heterocycles. The number of azo groups is 2. The number of ether oxygens (including phenoxy) is 1. The maximum atomic E-state index is 6.01. The molecule has 0 fully saturated rings. The fraction of sp³-hybridized carbons (Fsp3) is 0. The van der Waals surface area contributed by atoms with Gasteiger partial charge in [-0.2, -0.15) is 10.2 Å². The van der Waals surface area contributed by atoms with Crippen molar-refractivity contribution < 1.29 is 4.74 Å². The number of hydrogen-bond donors (Lipinski definition) is 0. The molecule has 0 radical (unpaired) electrons. The van der Waals surface area contributed by atoms with E-state index < -0.39 is 0 Å². The number of fused-ring (bicyclic) bond motifs is 4. The van der Waals surface area contributed by atoms with Crippen molar-refractivity contribution in [2.75, 3.05) is 0 Å². The lowest BCUT2D eigenvalue weighted by molar-refractivity contribution is 0.483. The van der Waals surface area contributed by atoms with E-state index in [4.69, 9.17) is 4.74 Å². The van der Waals surface area contributed by atoms with Gasteiger partial charge in [0.1, 0.15) is 11.5 Å². The van der Waals surface area contributed by atoms with Gasteiger partial charge in [-0.15, -0.1) is 10.2 Å². The maximum Gasteiger partial charge on any atom is 0.127 e. The van der Waals surface area contributed by atoms with Crippen molar-refractivity contribution in [1.29, 1.82) is 0 Å². The van der Waals surface area contributed by atoms with Gasteiger partial charge in [0.25, 0.3) is 0 Å². The Hall–Kier alpha value is -4.12. The van der Waals surface area contributed by atoms with Gasteiger partial charge in [0.15, 0.2) is 0 Å². The van der Waals surface area contributed by atoms with Gasteiger partial charge in [-0.3, -0.25) is 0 Å². The van der Waals surface area contributed by atoms with E-state index in [0.29, 0.717) is 0 Å². The first-order valence-electron chi connectivity index (χ1n) is 9.32. The predicted molar refractivity (Wildman–Crippen MR) is 112 cm³/mol. The molecule has 0 aliphatic carbocycles. The van der Waals surface area contributed by atoms with Gasteiger partial charge in [0.05, 0.1) is 22.7 Å². The fourth-order valence-corrected chi connectivity index (χ4v) is 3.58. The van der Waals surface area contributed by atoms with Crippen LogP contribution >= 0.6 is 0 Å². The second kappa shape index (κ2) is 6.21. The van der Waals surface area contributed by atoms with Gasteiger partial charge >= 0.3 is 0 Å². The Morgan fingerprint density at radius 1 is 0.448 bits per heavy atom. The highest BCUT2D eigenvalue weighted by Crippen LogP contribution is 2.40. The van der Waals surface area contributed by atoms with Crippen molar-refractivity contribution in [2.45, 2.75) is 0 Å². The fourth-order valence-electron chi connectivity index (χ4n) is 3.58. The third-order valence-electron chi connectivity index (χ3n) is 5.08. The van der Waals surface area contributed by atoms with E-state index in [-0.39, 0.29) is 0 Å². The summed E-state index contributed by atoms with van der Waals surface area (Å²) in [7, 11) is 0. The summed E-state index contributed by atoms with van der Waals surface area (Å²) in [4.78, 5) is 0. The van der Waals surface area contributed by atoms with Crippen molar-refractivity contribution in [3.05, 3.63) is 84.9 Å². The molecule has 0 saturated carbocycles. The van der Waals surface area contributed by atoms with Crippen LogP contribution in [0.2, 0.25) is 0 Å². The van der Waals surface area contributed by atoms with E-state index >= 15 is 0 Å². The largest absolute Gasteiger partial charge is 0.457 e. The molecule has 29 heavy (non-hydrogen) atoms. The molecular formula is C24H14N4O. The smallest absolute Gasteiger partial charge is 0.127 e. The Balaban J connectivity index is 1.21. The zero-order valence-electron chi connectivity index (χ0n) is 15.3. The highest BCUT2D eigenvalue weighted by Gasteiger charge is 2.12. The Bertz CT molecular complexity index is 1200. The molecule has 2 heterocycles. The van der Waals surface area contributed by atoms with E-state index in [1.54, 1.807) is 0 Å². The molecule has 0 unspecified atom stereocenters. The summed E-state index contributed by atoms with van der Waals surface area (Å²) in [5.41, 5.74) is 7.94. The zero-order chi connectivity index (χ0) is 19.2. The SMILES string of the molecule is c1cc(-c2ccc(Oc3ccc(-c4ccc5cc4N=N5)cc3)cc2)c2cc1N=N2. The van der Waals surface area contributed by atoms with Gasteiger partial charge in [-0.1, -0.05) is 24.3 Å². The molecule has 0 amide bonds. The van der Waals surface area contributed by atoms with Crippen molar-refractivity contribution >= 4 is 22.7 Å². The Morgan fingerprint density at radius 3 is 1.34 bits per heavy atom. The van der Waals surface area contributed by atoms with Crippen LogP contribution in [0.5, 0.6) is 11.5 Å². The summed E-state index contributed by atoms with van der Waals surface area (Å²) in [5.74, 6) is 1.57. The average molecular weight is 374 g/mol. The van der Waals surface area contributed by atoms with E-state index in [2.05, 4.69) is 32.6 Å². The van der Waals surface area contributed by atoms with Crippen molar-refractivity contribution in [1.82, 2.24) is 0 Å². The van der Waals surface area contributed by atoms with Gasteiger partial charge < -0.3 is 4.74 Å². The first-order chi connectivity index (χ1) is 14.3. The van der Waals surface area contributed by atoms with Gasteiger partial charge in [0.2, 0.25) is 0 Å². The average Bonchev–Trinajstić information content (AvgIpc) is 3.33. The molecule has 6 rings (SSSR count). The second-order valence-corrected chi connectivity index (χ2v) is 6.95. The molecule has 5 nitrogen and oxygen atoms in total. The van der Waals surface area contributed by atoms with Gasteiger partial charge in [-0.25, -0.2) is 0 Å². The van der Waals surface area contributed by atoms with Crippen LogP contribution in [0.15, 0.2) is 105 Å². The molecule has 0 aromatic heterocycles. The molecule has 2 aliphatic rings. The topological polar surface area (TPSA) is 58.7 Å². The second-order valence-electron chi connectivity index (χ2n) is 6.95. The molecule has 4 bridgehead atoms. The molecule has 0 atom stereocenters. The van der Waals surface area contributed by atoms with Crippen LogP contribution in [0, 0.1) is 0 Å². The molecule has 5 heteroatoms. The maximum absolute atomic E-state index is 6.01. The van der Waals surface area contributed by atoms with E-state index in [1.807, 2.05) is 72.8 Å². The first kappa shape index (κ1) is 15.9. The van der Waals surface area contributed by atoms with Gasteiger partial charge in [0, 0.05) is 11.1 Å². The Labute approximate surface area is 167 Å². The van der Waals surface area contributed by atoms with Crippen LogP contribution in [0.25, 0.3) is 22.3 Å². The zero-order valence-corrected chi connectivity index (χ0v) is 15.3. The van der Waals surface area contributed by atoms with Crippen LogP contribution in [0.3, 0.4) is 0 Å². The highest BCUT2D eigenvalue weighted by atomic mass is 16.5. The standard InChI is InChI=1S/C24H14N4O/c1-7-19(8-2-15(1)21-11-5-17-13-23(21)27-25-17)29-20-9-3-16(4-10-20)22-12-6-18-14-24(22)28-26-18/h1-14H. The molecule has 0 N–H and O–H groups in total. The number of nitrogens with zero attached hydrogens (tertiary/aromatic N) is 4. The van der Waals surface area contributed by atoms with Crippen LogP contribution in [-0.2, 0) is 0 Å². The summed E-state index contributed by atoms with van der Waals surface area (Å²) in [6.07, 6.45) is 0. The van der Waals surface area contributed by atoms with E-state index in [9.17, 15) is 0 Å². The minimum Gasteiger partial charge on any atom is -0.457 e. The number of benzene rings is 4. The molecule has 4 aromatic rings. The third kappa shape index (κ3) is 2.80. The monoisotopic (exact) mass is 374 g/mol. The van der Waals surface area contributed by atoms with Crippen molar-refractivity contribution in [3.8, 4) is 33.8 Å². The van der Waals surface area contributed by atoms with Gasteiger partial charge in [-0.05, 0) is 71.8 Å². The quantitative estimate of drug-likeness (QED) is 0.306. The van der Waals surface area contributed by atoms with Crippen LogP contribution < -0.4 is 4.74 Å². The minimum absolute atomic E-state index is 0.785. The number of hydrogen-bond acceptors (Lipinski definition) is 5. The molecular weight excluding hydrogens is 360 g/mol. The summed E-state index contributed by atoms with van der Waals surface area (Å²) in [6, 6.07) is 28.1. The third-order valence-corrected chi connectivity index (χ3v) is 5.08. The minimum atomic E-state index is 0.785. The predicted octanol–water partition coefficient (Wildman–Crippen LogP) is 8.27. The lowest BCUT2D eigenvalue weighted by atomic mass is 10.0. The molecule has 136 valence electrons. The lowest BCUT2D eigenvalue weighted by Crippen LogP contribution is -1.85. The van der Waals surface area contributed by atoms with Crippen molar-refractivity contribution in [3.63, 3.8) is 0 Å². The normalized spacial score (nSPS) is 12.6. The summed E-state index contributed by atoms with van der Waals surface area (Å²) in [5, 5.41) is 16.6. The summed E-state index contributed by atoms with van der Waals surface area (Å²) in [6.45, 7) is 0. The van der Waals surface area contributed by atoms with E-state index in [1.165, 1.54) is 0 Å². The van der Waals surface area contributed by atoms with E-state index in [0.717, 1.165) is 56.5 Å². The Morgan fingerprint density at radius 2 is 0.897 bits per heavy atom. The van der Waals surface area contributed by atoms with Crippen LogP contribution in [0.4, 0.5) is 22.7 Å². The van der Waals surface area contributed by atoms with Crippen LogP contribution in [-0.4, -0.2) is 0 Å².